The van der Waals surface area contributed by atoms with Crippen LogP contribution in [0.4, 0.5) is 0 Å². The van der Waals surface area contributed by atoms with Crippen LogP contribution < -0.4 is 0 Å². The highest BCUT2D eigenvalue weighted by atomic mass is 16.5. The quantitative estimate of drug-likeness (QED) is 0.373. The van der Waals surface area contributed by atoms with Crippen molar-refractivity contribution in [2.24, 2.45) is 0 Å². The first-order valence-corrected chi connectivity index (χ1v) is 3.90. The standard InChI is InChI=1S/C6H10O2.C3H7NO/c1-4-8-6(7)5(2)3;1-4(2)3-5/h2,4H2,1,3H3;3H,1-2H3. The number of carbonyl (C=O) groups excluding carboxylic acids is 2. The monoisotopic (exact) mass is 187 g/mol. The van der Waals surface area contributed by atoms with Crippen LogP contribution in [0.1, 0.15) is 13.8 Å². The lowest BCUT2D eigenvalue weighted by Crippen LogP contribution is -2.06. The van der Waals surface area contributed by atoms with Crippen LogP contribution in [-0.4, -0.2) is 38.0 Å². The molecular formula is C9H17NO3. The van der Waals surface area contributed by atoms with Crippen molar-refractivity contribution in [3.8, 4) is 0 Å². The van der Waals surface area contributed by atoms with Gasteiger partial charge in [0.15, 0.2) is 0 Å². The summed E-state index contributed by atoms with van der Waals surface area (Å²) in [5.41, 5.74) is 0.451. The zero-order valence-electron chi connectivity index (χ0n) is 8.66. The van der Waals surface area contributed by atoms with Gasteiger partial charge in [-0.2, -0.15) is 0 Å². The zero-order chi connectivity index (χ0) is 10.9. The van der Waals surface area contributed by atoms with Gasteiger partial charge in [-0.25, -0.2) is 4.79 Å². The van der Waals surface area contributed by atoms with Crippen molar-refractivity contribution < 1.29 is 14.3 Å². The summed E-state index contributed by atoms with van der Waals surface area (Å²) < 4.78 is 4.56. The molecule has 0 atom stereocenters. The zero-order valence-corrected chi connectivity index (χ0v) is 8.66. The normalized spacial score (nSPS) is 7.69. The molecule has 0 fully saturated rings. The van der Waals surface area contributed by atoms with Crippen LogP contribution >= 0.6 is 0 Å². The third-order valence-electron chi connectivity index (χ3n) is 0.835. The Morgan fingerprint density at radius 3 is 2.00 bits per heavy atom. The topological polar surface area (TPSA) is 46.6 Å². The Labute approximate surface area is 79.2 Å². The second-order valence-corrected chi connectivity index (χ2v) is 2.57. The van der Waals surface area contributed by atoms with Gasteiger partial charge in [0.2, 0.25) is 6.41 Å². The number of esters is 1. The van der Waals surface area contributed by atoms with Crippen LogP contribution in [0.3, 0.4) is 0 Å². The van der Waals surface area contributed by atoms with Gasteiger partial charge in [0, 0.05) is 19.7 Å². The van der Waals surface area contributed by atoms with E-state index in [9.17, 15) is 9.59 Å². The molecule has 4 heteroatoms. The largest absolute Gasteiger partial charge is 0.463 e. The molecule has 1 amide bonds. The first-order valence-electron chi connectivity index (χ1n) is 3.90. The molecule has 0 aliphatic carbocycles. The molecule has 0 saturated carbocycles. The summed E-state index contributed by atoms with van der Waals surface area (Å²) in [6, 6.07) is 0. The molecule has 0 bridgehead atoms. The maximum atomic E-state index is 10.4. The lowest BCUT2D eigenvalue weighted by Gasteiger charge is -1.96. The smallest absolute Gasteiger partial charge is 0.333 e. The molecule has 76 valence electrons. The molecule has 13 heavy (non-hydrogen) atoms. The molecule has 0 N–H and O–H groups in total. The second kappa shape index (κ2) is 8.77. The summed E-state index contributed by atoms with van der Waals surface area (Å²) in [6.07, 6.45) is 0.750. The van der Waals surface area contributed by atoms with Gasteiger partial charge >= 0.3 is 5.97 Å². The second-order valence-electron chi connectivity index (χ2n) is 2.57. The minimum Gasteiger partial charge on any atom is -0.463 e. The van der Waals surface area contributed by atoms with E-state index in [0.717, 1.165) is 6.41 Å². The highest BCUT2D eigenvalue weighted by Crippen LogP contribution is 1.89. The number of rotatable bonds is 3. The fraction of sp³-hybridized carbons (Fsp3) is 0.556. The molecule has 0 spiro atoms. The van der Waals surface area contributed by atoms with Crippen molar-refractivity contribution in [3.05, 3.63) is 12.2 Å². The molecule has 0 unspecified atom stereocenters. The first-order chi connectivity index (χ1) is 5.95. The van der Waals surface area contributed by atoms with Gasteiger partial charge in [0.25, 0.3) is 0 Å². The first kappa shape index (κ1) is 14.2. The van der Waals surface area contributed by atoms with E-state index < -0.39 is 0 Å². The molecule has 0 rings (SSSR count). The van der Waals surface area contributed by atoms with Crippen molar-refractivity contribution in [2.45, 2.75) is 13.8 Å². The highest BCUT2D eigenvalue weighted by Gasteiger charge is 1.98. The predicted molar refractivity (Wildman–Crippen MR) is 51.2 cm³/mol. The number of hydrogen-bond donors (Lipinski definition) is 0. The summed E-state index contributed by atoms with van der Waals surface area (Å²) in [4.78, 5) is 21.3. The van der Waals surface area contributed by atoms with E-state index in [1.54, 1.807) is 27.9 Å². The van der Waals surface area contributed by atoms with Crippen LogP contribution in [0.25, 0.3) is 0 Å². The lowest BCUT2D eigenvalue weighted by atomic mass is 10.4. The maximum absolute atomic E-state index is 10.4. The van der Waals surface area contributed by atoms with E-state index in [2.05, 4.69) is 11.3 Å². The molecule has 0 aliphatic rings. The molecule has 4 nitrogen and oxygen atoms in total. The molecule has 0 heterocycles. The molecule has 0 saturated heterocycles. The minimum absolute atomic E-state index is 0.312. The third-order valence-corrected chi connectivity index (χ3v) is 0.835. The lowest BCUT2D eigenvalue weighted by molar-refractivity contribution is -0.138. The number of hydrogen-bond acceptors (Lipinski definition) is 3. The van der Waals surface area contributed by atoms with E-state index in [0.29, 0.717) is 12.2 Å². The van der Waals surface area contributed by atoms with Crippen LogP contribution in [0.2, 0.25) is 0 Å². The van der Waals surface area contributed by atoms with Crippen molar-refractivity contribution in [1.82, 2.24) is 4.90 Å². The molecule has 0 aliphatic heterocycles. The molecular weight excluding hydrogens is 170 g/mol. The van der Waals surface area contributed by atoms with E-state index in [1.165, 1.54) is 4.90 Å². The minimum atomic E-state index is -0.312. The summed E-state index contributed by atoms with van der Waals surface area (Å²) in [6.45, 7) is 7.21. The van der Waals surface area contributed by atoms with E-state index in [4.69, 9.17) is 0 Å². The van der Waals surface area contributed by atoms with E-state index in [-0.39, 0.29) is 5.97 Å². The summed E-state index contributed by atoms with van der Waals surface area (Å²) in [5, 5.41) is 0. The van der Waals surface area contributed by atoms with Gasteiger partial charge < -0.3 is 9.64 Å². The Kier molecular flexibility index (Phi) is 9.60. The average Bonchev–Trinajstić information content (AvgIpc) is 2.06. The van der Waals surface area contributed by atoms with E-state index in [1.807, 2.05) is 0 Å². The molecule has 0 aromatic carbocycles. The number of nitrogens with zero attached hydrogens (tertiary/aromatic N) is 1. The average molecular weight is 187 g/mol. The fourth-order valence-corrected chi connectivity index (χ4v) is 0.254. The van der Waals surface area contributed by atoms with Crippen LogP contribution in [-0.2, 0) is 14.3 Å². The Morgan fingerprint density at radius 2 is 1.92 bits per heavy atom. The Morgan fingerprint density at radius 1 is 1.54 bits per heavy atom. The fourth-order valence-electron chi connectivity index (χ4n) is 0.254. The summed E-state index contributed by atoms with van der Waals surface area (Å²) in [7, 11) is 3.38. The van der Waals surface area contributed by atoms with Gasteiger partial charge in [0.1, 0.15) is 0 Å². The molecule has 0 aromatic heterocycles. The number of ether oxygens (including phenoxy) is 1. The number of amides is 1. The SMILES string of the molecule is C=C(C)C(=O)OCC.CN(C)C=O. The van der Waals surface area contributed by atoms with Crippen molar-refractivity contribution in [1.29, 1.82) is 0 Å². The van der Waals surface area contributed by atoms with Gasteiger partial charge in [-0.05, 0) is 13.8 Å². The van der Waals surface area contributed by atoms with Crippen molar-refractivity contribution in [3.63, 3.8) is 0 Å². The van der Waals surface area contributed by atoms with Crippen LogP contribution in [0.5, 0.6) is 0 Å². The third kappa shape index (κ3) is 13.6. The summed E-state index contributed by atoms with van der Waals surface area (Å²) >= 11 is 0. The number of carbonyl (C=O) groups is 2. The van der Waals surface area contributed by atoms with Crippen LogP contribution in [0, 0.1) is 0 Å². The van der Waals surface area contributed by atoms with Crippen molar-refractivity contribution in [2.75, 3.05) is 20.7 Å². The maximum Gasteiger partial charge on any atom is 0.333 e. The van der Waals surface area contributed by atoms with Gasteiger partial charge in [0.05, 0.1) is 6.61 Å². The Hall–Kier alpha value is -1.32. The van der Waals surface area contributed by atoms with Gasteiger partial charge in [-0.15, -0.1) is 0 Å². The van der Waals surface area contributed by atoms with Crippen LogP contribution in [0.15, 0.2) is 12.2 Å². The molecule has 0 radical (unpaired) electrons. The Balaban J connectivity index is 0. The van der Waals surface area contributed by atoms with Gasteiger partial charge in [-0.3, -0.25) is 4.79 Å². The molecule has 0 aromatic rings. The van der Waals surface area contributed by atoms with Gasteiger partial charge in [-0.1, -0.05) is 6.58 Å². The summed E-state index contributed by atoms with van der Waals surface area (Å²) in [5.74, 6) is -0.312. The highest BCUT2D eigenvalue weighted by molar-refractivity contribution is 5.86. The van der Waals surface area contributed by atoms with Crippen molar-refractivity contribution >= 4 is 12.4 Å². The van der Waals surface area contributed by atoms with E-state index >= 15 is 0 Å². The Bertz CT molecular complexity index is 176. The predicted octanol–water partition coefficient (Wildman–Crippen LogP) is 0.830.